The molecule has 1 aliphatic carbocycles. The Balaban J connectivity index is 1.65. The smallest absolute Gasteiger partial charge is 0.321 e. The van der Waals surface area contributed by atoms with Crippen molar-refractivity contribution in [2.75, 3.05) is 13.1 Å². The molecule has 6 nitrogen and oxygen atoms in total. The average Bonchev–Trinajstić information content (AvgIpc) is 3.38. The molecule has 0 aliphatic heterocycles. The zero-order valence-electron chi connectivity index (χ0n) is 16.4. The average molecular weight is 396 g/mol. The van der Waals surface area contributed by atoms with Gasteiger partial charge in [-0.15, -0.1) is 0 Å². The predicted molar refractivity (Wildman–Crippen MR) is 111 cm³/mol. The summed E-state index contributed by atoms with van der Waals surface area (Å²) in [5, 5.41) is 25.1. The summed E-state index contributed by atoms with van der Waals surface area (Å²) in [5.74, 6) is -1.68. The second-order valence-corrected chi connectivity index (χ2v) is 7.85. The summed E-state index contributed by atoms with van der Waals surface area (Å²) >= 11 is 0. The van der Waals surface area contributed by atoms with E-state index in [1.165, 1.54) is 5.56 Å². The molecule has 3 atom stereocenters. The first-order valence-corrected chi connectivity index (χ1v) is 9.98. The van der Waals surface area contributed by atoms with Crippen molar-refractivity contribution in [3.05, 3.63) is 71.8 Å². The maximum absolute atomic E-state index is 11.8. The van der Waals surface area contributed by atoms with Gasteiger partial charge in [0.1, 0.15) is 6.04 Å². The van der Waals surface area contributed by atoms with E-state index in [2.05, 4.69) is 22.8 Å². The SMILES string of the molecule is O=C(O)CCNCC1(Cc2ccccc2)CC1N[C@@H](Cc1ccccc1)C(=O)O. The lowest BCUT2D eigenvalue weighted by Crippen LogP contribution is -2.43. The molecule has 4 N–H and O–H groups in total. The van der Waals surface area contributed by atoms with Gasteiger partial charge in [-0.25, -0.2) is 0 Å². The van der Waals surface area contributed by atoms with Gasteiger partial charge in [0.2, 0.25) is 0 Å². The molecule has 0 amide bonds. The fourth-order valence-electron chi connectivity index (χ4n) is 3.88. The van der Waals surface area contributed by atoms with Crippen LogP contribution in [-0.2, 0) is 22.4 Å². The fourth-order valence-corrected chi connectivity index (χ4v) is 3.88. The van der Waals surface area contributed by atoms with E-state index < -0.39 is 18.0 Å². The highest BCUT2D eigenvalue weighted by atomic mass is 16.4. The predicted octanol–water partition coefficient (Wildman–Crippen LogP) is 2.34. The van der Waals surface area contributed by atoms with Gasteiger partial charge in [-0.05, 0) is 30.4 Å². The first-order chi connectivity index (χ1) is 14.0. The van der Waals surface area contributed by atoms with Crippen LogP contribution in [0, 0.1) is 5.41 Å². The van der Waals surface area contributed by atoms with Gasteiger partial charge in [-0.1, -0.05) is 60.7 Å². The molecule has 0 bridgehead atoms. The van der Waals surface area contributed by atoms with E-state index in [1.807, 2.05) is 48.5 Å². The summed E-state index contributed by atoms with van der Waals surface area (Å²) in [4.78, 5) is 22.6. The molecule has 6 heteroatoms. The molecule has 0 saturated heterocycles. The summed E-state index contributed by atoms with van der Waals surface area (Å²) < 4.78 is 0. The number of aliphatic carboxylic acids is 2. The van der Waals surface area contributed by atoms with Gasteiger partial charge < -0.3 is 20.8 Å². The van der Waals surface area contributed by atoms with Crippen LogP contribution >= 0.6 is 0 Å². The Morgan fingerprint density at radius 3 is 2.21 bits per heavy atom. The lowest BCUT2D eigenvalue weighted by atomic mass is 9.95. The van der Waals surface area contributed by atoms with Gasteiger partial charge in [0, 0.05) is 24.5 Å². The molecule has 1 aliphatic rings. The van der Waals surface area contributed by atoms with E-state index in [0.717, 1.165) is 18.4 Å². The quantitative estimate of drug-likeness (QED) is 0.411. The largest absolute Gasteiger partial charge is 0.481 e. The van der Waals surface area contributed by atoms with Crippen LogP contribution in [-0.4, -0.2) is 47.3 Å². The van der Waals surface area contributed by atoms with Gasteiger partial charge in [0.05, 0.1) is 6.42 Å². The van der Waals surface area contributed by atoms with Crippen molar-refractivity contribution < 1.29 is 19.8 Å². The summed E-state index contributed by atoms with van der Waals surface area (Å²) in [5.41, 5.74) is 2.08. The topological polar surface area (TPSA) is 98.7 Å². The Labute approximate surface area is 171 Å². The zero-order valence-corrected chi connectivity index (χ0v) is 16.4. The minimum Gasteiger partial charge on any atom is -0.481 e. The van der Waals surface area contributed by atoms with Crippen molar-refractivity contribution in [2.24, 2.45) is 5.41 Å². The zero-order chi connectivity index (χ0) is 20.7. The Bertz CT molecular complexity index is 812. The number of carbonyl (C=O) groups is 2. The number of nitrogens with one attached hydrogen (secondary N) is 2. The molecule has 0 heterocycles. The summed E-state index contributed by atoms with van der Waals surface area (Å²) in [7, 11) is 0. The second-order valence-electron chi connectivity index (χ2n) is 7.85. The summed E-state index contributed by atoms with van der Waals surface area (Å²) in [6, 6.07) is 19.2. The van der Waals surface area contributed by atoms with Gasteiger partial charge in [-0.2, -0.15) is 0 Å². The van der Waals surface area contributed by atoms with Gasteiger partial charge in [-0.3, -0.25) is 9.59 Å². The molecule has 0 radical (unpaired) electrons. The van der Waals surface area contributed by atoms with Crippen molar-refractivity contribution in [1.29, 1.82) is 0 Å². The van der Waals surface area contributed by atoms with Gasteiger partial charge in [0.15, 0.2) is 0 Å². The highest BCUT2D eigenvalue weighted by Crippen LogP contribution is 2.48. The number of carboxylic acids is 2. The van der Waals surface area contributed by atoms with Crippen molar-refractivity contribution in [1.82, 2.24) is 10.6 Å². The number of carboxylic acid groups (broad SMARTS) is 2. The number of hydrogen-bond donors (Lipinski definition) is 4. The molecule has 3 rings (SSSR count). The van der Waals surface area contributed by atoms with Crippen LogP contribution in [0.25, 0.3) is 0 Å². The van der Waals surface area contributed by atoms with Crippen molar-refractivity contribution >= 4 is 11.9 Å². The van der Waals surface area contributed by atoms with Crippen LogP contribution in [0.1, 0.15) is 24.0 Å². The first-order valence-electron chi connectivity index (χ1n) is 9.98. The standard InChI is InChI=1S/C23H28N2O4/c26-21(27)11-12-24-16-23(14-18-9-5-2-6-10-18)15-20(23)25-19(22(28)29)13-17-7-3-1-4-8-17/h1-10,19-20,24-25H,11-16H2,(H,26,27)(H,28,29)/t19-,20?,23?/m0/s1. The Morgan fingerprint density at radius 1 is 1.00 bits per heavy atom. The van der Waals surface area contributed by atoms with Crippen molar-refractivity contribution in [2.45, 2.75) is 37.8 Å². The molecule has 29 heavy (non-hydrogen) atoms. The molecule has 1 saturated carbocycles. The summed E-state index contributed by atoms with van der Waals surface area (Å²) in [6.07, 6.45) is 2.19. The van der Waals surface area contributed by atoms with Crippen LogP contribution < -0.4 is 10.6 Å². The normalized spacial score (nSPS) is 21.4. The van der Waals surface area contributed by atoms with Crippen LogP contribution in [0.5, 0.6) is 0 Å². The van der Waals surface area contributed by atoms with E-state index >= 15 is 0 Å². The number of benzene rings is 2. The minimum absolute atomic E-state index is 0.0739. The van der Waals surface area contributed by atoms with Gasteiger partial charge >= 0.3 is 11.9 Å². The lowest BCUT2D eigenvalue weighted by molar-refractivity contribution is -0.139. The highest BCUT2D eigenvalue weighted by Gasteiger charge is 2.54. The van der Waals surface area contributed by atoms with Gasteiger partial charge in [0.25, 0.3) is 0 Å². The molecule has 1 fully saturated rings. The van der Waals surface area contributed by atoms with Crippen molar-refractivity contribution in [3.63, 3.8) is 0 Å². The van der Waals surface area contributed by atoms with Crippen LogP contribution in [0.15, 0.2) is 60.7 Å². The van der Waals surface area contributed by atoms with Crippen LogP contribution in [0.2, 0.25) is 0 Å². The molecule has 2 aromatic rings. The van der Waals surface area contributed by atoms with E-state index in [-0.39, 0.29) is 17.9 Å². The molecular weight excluding hydrogens is 368 g/mol. The number of rotatable bonds is 12. The first kappa shape index (κ1) is 21.0. The third kappa shape index (κ3) is 6.14. The molecule has 0 spiro atoms. The maximum Gasteiger partial charge on any atom is 0.321 e. The minimum atomic E-state index is -0.854. The molecule has 0 aromatic heterocycles. The second kappa shape index (κ2) is 9.67. The Hall–Kier alpha value is -2.70. The fraction of sp³-hybridized carbons (Fsp3) is 0.391. The molecular formula is C23H28N2O4. The highest BCUT2D eigenvalue weighted by molar-refractivity contribution is 5.74. The van der Waals surface area contributed by atoms with Crippen LogP contribution in [0.4, 0.5) is 0 Å². The third-order valence-corrected chi connectivity index (χ3v) is 5.56. The van der Waals surface area contributed by atoms with E-state index in [0.29, 0.717) is 19.5 Å². The third-order valence-electron chi connectivity index (χ3n) is 5.56. The van der Waals surface area contributed by atoms with E-state index in [1.54, 1.807) is 0 Å². The monoisotopic (exact) mass is 396 g/mol. The molecule has 154 valence electrons. The Kier molecular flexibility index (Phi) is 7.01. The molecule has 2 aromatic carbocycles. The maximum atomic E-state index is 11.8. The lowest BCUT2D eigenvalue weighted by Gasteiger charge is -2.21. The molecule has 2 unspecified atom stereocenters. The van der Waals surface area contributed by atoms with E-state index in [4.69, 9.17) is 5.11 Å². The van der Waals surface area contributed by atoms with E-state index in [9.17, 15) is 14.7 Å². The van der Waals surface area contributed by atoms with Crippen LogP contribution in [0.3, 0.4) is 0 Å². The summed E-state index contributed by atoms with van der Waals surface area (Å²) in [6.45, 7) is 1.06. The number of hydrogen-bond acceptors (Lipinski definition) is 4. The van der Waals surface area contributed by atoms with Crippen molar-refractivity contribution in [3.8, 4) is 0 Å². The Morgan fingerprint density at radius 2 is 1.62 bits per heavy atom.